The Labute approximate surface area is 119 Å². The molecule has 0 fully saturated rings. The molecule has 0 radical (unpaired) electrons. The van der Waals surface area contributed by atoms with E-state index < -0.39 is 5.82 Å². The average Bonchev–Trinajstić information content (AvgIpc) is 2.88. The number of fused-ring (bicyclic) bond motifs is 1. The Hall–Kier alpha value is -1.33. The van der Waals surface area contributed by atoms with Crippen LogP contribution in [-0.4, -0.2) is 17.1 Å². The molecule has 1 aromatic carbocycles. The lowest BCUT2D eigenvalue weighted by Gasteiger charge is -2.07. The molecular weight excluding hydrogens is 287 g/mol. The van der Waals surface area contributed by atoms with Crippen LogP contribution in [0.25, 0.3) is 11.4 Å². The fourth-order valence-electron chi connectivity index (χ4n) is 1.94. The Bertz CT molecular complexity index is 651. The van der Waals surface area contributed by atoms with Crippen molar-refractivity contribution in [3.05, 3.63) is 40.4 Å². The van der Waals surface area contributed by atoms with E-state index in [1.54, 1.807) is 23.9 Å². The van der Waals surface area contributed by atoms with Crippen LogP contribution in [0, 0.1) is 5.82 Å². The second-order valence-corrected chi connectivity index (χ2v) is 5.45. The number of benzene rings is 1. The van der Waals surface area contributed by atoms with Gasteiger partial charge in [-0.1, -0.05) is 11.6 Å². The minimum Gasteiger partial charge on any atom is -0.494 e. The van der Waals surface area contributed by atoms with Crippen molar-refractivity contribution in [1.29, 1.82) is 0 Å². The molecule has 1 aromatic heterocycles. The smallest absolute Gasteiger partial charge is 0.165 e. The van der Waals surface area contributed by atoms with Crippen LogP contribution >= 0.6 is 23.4 Å². The highest BCUT2D eigenvalue weighted by Gasteiger charge is 2.19. The Morgan fingerprint density at radius 3 is 2.95 bits per heavy atom. The van der Waals surface area contributed by atoms with Gasteiger partial charge in [-0.25, -0.2) is 14.4 Å². The normalized spacial score (nSPS) is 13.4. The molecule has 0 saturated carbocycles. The quantitative estimate of drug-likeness (QED) is 0.792. The molecule has 98 valence electrons. The molecule has 0 unspecified atom stereocenters. The van der Waals surface area contributed by atoms with Gasteiger partial charge in [-0.15, -0.1) is 0 Å². The Morgan fingerprint density at radius 2 is 2.16 bits per heavy atom. The number of hydrogen-bond donors (Lipinski definition) is 0. The largest absolute Gasteiger partial charge is 0.494 e. The topological polar surface area (TPSA) is 35.0 Å². The number of rotatable bonds is 2. The van der Waals surface area contributed by atoms with Crippen LogP contribution in [-0.2, 0) is 11.5 Å². The van der Waals surface area contributed by atoms with E-state index in [1.165, 1.54) is 13.2 Å². The first-order valence-electron chi connectivity index (χ1n) is 5.66. The van der Waals surface area contributed by atoms with Crippen molar-refractivity contribution in [3.63, 3.8) is 0 Å². The van der Waals surface area contributed by atoms with E-state index in [0.717, 1.165) is 22.8 Å². The van der Waals surface area contributed by atoms with Crippen molar-refractivity contribution in [2.45, 2.75) is 11.5 Å². The second-order valence-electron chi connectivity index (χ2n) is 4.11. The zero-order valence-corrected chi connectivity index (χ0v) is 11.7. The molecular formula is C13H10ClFN2OS. The number of hydrogen-bond acceptors (Lipinski definition) is 4. The third kappa shape index (κ3) is 2.28. The summed E-state index contributed by atoms with van der Waals surface area (Å²) in [5.41, 5.74) is 2.66. The van der Waals surface area contributed by atoms with Gasteiger partial charge in [0.05, 0.1) is 12.8 Å². The molecule has 0 amide bonds. The molecule has 2 aromatic rings. The third-order valence-corrected chi connectivity index (χ3v) is 4.22. The summed E-state index contributed by atoms with van der Waals surface area (Å²) in [4.78, 5) is 8.78. The van der Waals surface area contributed by atoms with Gasteiger partial charge in [0.15, 0.2) is 17.4 Å². The van der Waals surface area contributed by atoms with Gasteiger partial charge >= 0.3 is 0 Å². The van der Waals surface area contributed by atoms with Crippen molar-refractivity contribution < 1.29 is 9.13 Å². The van der Waals surface area contributed by atoms with Crippen LogP contribution < -0.4 is 4.74 Å². The van der Waals surface area contributed by atoms with Crippen LogP contribution in [0.15, 0.2) is 18.2 Å². The number of ether oxygens (including phenoxy) is 1. The summed E-state index contributed by atoms with van der Waals surface area (Å²) in [5.74, 6) is 1.95. The van der Waals surface area contributed by atoms with E-state index in [-0.39, 0.29) is 5.75 Å². The molecule has 0 saturated heterocycles. The molecule has 3 rings (SSSR count). The molecule has 1 aliphatic rings. The van der Waals surface area contributed by atoms with Crippen molar-refractivity contribution in [2.75, 3.05) is 7.11 Å². The molecule has 1 aliphatic heterocycles. The molecule has 0 bridgehead atoms. The van der Waals surface area contributed by atoms with Gasteiger partial charge in [-0.2, -0.15) is 11.8 Å². The maximum Gasteiger partial charge on any atom is 0.165 e. The summed E-state index contributed by atoms with van der Waals surface area (Å²) in [5, 5.41) is 0.480. The lowest BCUT2D eigenvalue weighted by atomic mass is 10.2. The molecule has 0 atom stereocenters. The van der Waals surface area contributed by atoms with Crippen LogP contribution in [0.5, 0.6) is 5.75 Å². The fraction of sp³-hybridized carbons (Fsp3) is 0.231. The van der Waals surface area contributed by atoms with Crippen molar-refractivity contribution in [3.8, 4) is 17.1 Å². The summed E-state index contributed by atoms with van der Waals surface area (Å²) in [6.45, 7) is 0. The molecule has 19 heavy (non-hydrogen) atoms. The third-order valence-electron chi connectivity index (χ3n) is 2.94. The predicted octanol–water partition coefficient (Wildman–Crippen LogP) is 3.69. The monoisotopic (exact) mass is 296 g/mol. The lowest BCUT2D eigenvalue weighted by molar-refractivity contribution is 0.387. The molecule has 2 heterocycles. The zero-order valence-electron chi connectivity index (χ0n) is 10.1. The van der Waals surface area contributed by atoms with E-state index in [4.69, 9.17) is 16.3 Å². The van der Waals surface area contributed by atoms with Gasteiger partial charge in [0, 0.05) is 22.6 Å². The van der Waals surface area contributed by atoms with E-state index in [9.17, 15) is 4.39 Å². The summed E-state index contributed by atoms with van der Waals surface area (Å²) in [6.07, 6.45) is 0. The van der Waals surface area contributed by atoms with E-state index >= 15 is 0 Å². The zero-order chi connectivity index (χ0) is 13.4. The van der Waals surface area contributed by atoms with Crippen molar-refractivity contribution in [1.82, 2.24) is 9.97 Å². The highest BCUT2D eigenvalue weighted by Crippen LogP contribution is 2.34. The van der Waals surface area contributed by atoms with E-state index in [0.29, 0.717) is 16.5 Å². The maximum absolute atomic E-state index is 13.4. The molecule has 0 spiro atoms. The average molecular weight is 297 g/mol. The van der Waals surface area contributed by atoms with Crippen LogP contribution in [0.4, 0.5) is 4.39 Å². The SMILES string of the molecule is COc1cc(-c2nc(Cl)c3c(n2)CSC3)ccc1F. The summed E-state index contributed by atoms with van der Waals surface area (Å²) < 4.78 is 18.4. The van der Waals surface area contributed by atoms with Gasteiger partial charge in [0.2, 0.25) is 0 Å². The molecule has 6 heteroatoms. The van der Waals surface area contributed by atoms with Gasteiger partial charge in [0.25, 0.3) is 0 Å². The minimum atomic E-state index is -0.408. The second kappa shape index (κ2) is 4.98. The number of aromatic nitrogens is 2. The highest BCUT2D eigenvalue weighted by molar-refractivity contribution is 7.98. The van der Waals surface area contributed by atoms with Crippen LogP contribution in [0.2, 0.25) is 5.15 Å². The predicted molar refractivity (Wildman–Crippen MR) is 74.0 cm³/mol. The number of methoxy groups -OCH3 is 1. The van der Waals surface area contributed by atoms with Gasteiger partial charge in [0.1, 0.15) is 5.15 Å². The van der Waals surface area contributed by atoms with Gasteiger partial charge in [-0.05, 0) is 18.2 Å². The number of halogens is 2. The van der Waals surface area contributed by atoms with E-state index in [2.05, 4.69) is 9.97 Å². The van der Waals surface area contributed by atoms with E-state index in [1.807, 2.05) is 0 Å². The Balaban J connectivity index is 2.10. The standard InChI is InChI=1S/C13H10ClFN2OS/c1-18-11-4-7(2-3-9(11)15)13-16-10-6-19-5-8(10)12(14)17-13/h2-4H,5-6H2,1H3. The molecule has 3 nitrogen and oxygen atoms in total. The summed E-state index contributed by atoms with van der Waals surface area (Å²) >= 11 is 7.92. The van der Waals surface area contributed by atoms with Gasteiger partial charge < -0.3 is 4.74 Å². The summed E-state index contributed by atoms with van der Waals surface area (Å²) in [6, 6.07) is 4.54. The Kier molecular flexibility index (Phi) is 3.33. The van der Waals surface area contributed by atoms with Crippen LogP contribution in [0.3, 0.4) is 0 Å². The van der Waals surface area contributed by atoms with Crippen molar-refractivity contribution >= 4 is 23.4 Å². The first kappa shape index (κ1) is 12.7. The number of thioether (sulfide) groups is 1. The Morgan fingerprint density at radius 1 is 1.32 bits per heavy atom. The maximum atomic E-state index is 13.4. The summed E-state index contributed by atoms with van der Waals surface area (Å²) in [7, 11) is 1.43. The van der Waals surface area contributed by atoms with Crippen molar-refractivity contribution in [2.24, 2.45) is 0 Å². The first-order valence-corrected chi connectivity index (χ1v) is 7.19. The molecule has 0 aliphatic carbocycles. The first-order chi connectivity index (χ1) is 9.19. The van der Waals surface area contributed by atoms with Gasteiger partial charge in [-0.3, -0.25) is 0 Å². The molecule has 0 N–H and O–H groups in total. The minimum absolute atomic E-state index is 0.173. The van der Waals surface area contributed by atoms with Crippen LogP contribution in [0.1, 0.15) is 11.3 Å². The highest BCUT2D eigenvalue weighted by atomic mass is 35.5. The fourth-order valence-corrected chi connectivity index (χ4v) is 3.32. The lowest BCUT2D eigenvalue weighted by Crippen LogP contribution is -1.98. The number of nitrogens with zero attached hydrogens (tertiary/aromatic N) is 2.